The summed E-state index contributed by atoms with van der Waals surface area (Å²) in [5.41, 5.74) is 4.22. The summed E-state index contributed by atoms with van der Waals surface area (Å²) in [5.74, 6) is -0.219. The Morgan fingerprint density at radius 2 is 1.95 bits per heavy atom. The topological polar surface area (TPSA) is 128 Å². The maximum atomic E-state index is 14.0. The zero-order chi connectivity index (χ0) is 28.2. The summed E-state index contributed by atoms with van der Waals surface area (Å²) < 4.78 is 37.3. The maximum absolute atomic E-state index is 14.0. The summed E-state index contributed by atoms with van der Waals surface area (Å²) in [6.45, 7) is 2.65. The number of hydroxylamine groups is 1. The van der Waals surface area contributed by atoms with Gasteiger partial charge in [0.2, 0.25) is 11.8 Å². The Kier molecular flexibility index (Phi) is 8.69. The molecule has 2 fully saturated rings. The molecule has 1 aromatic carbocycles. The molecule has 5 rings (SSSR count). The number of thiophene rings is 1. The number of oxazole rings is 1. The fourth-order valence-corrected chi connectivity index (χ4v) is 8.78. The van der Waals surface area contributed by atoms with Crippen molar-refractivity contribution in [2.24, 2.45) is 0 Å². The van der Waals surface area contributed by atoms with Crippen LogP contribution in [0.3, 0.4) is 0 Å². The highest BCUT2D eigenvalue weighted by molar-refractivity contribution is 7.92. The second-order valence-corrected chi connectivity index (χ2v) is 13.5. The Balaban J connectivity index is 1.43. The number of amides is 2. The zero-order valence-corrected chi connectivity index (χ0v) is 24.0. The van der Waals surface area contributed by atoms with Crippen molar-refractivity contribution in [1.29, 1.82) is 0 Å². The summed E-state index contributed by atoms with van der Waals surface area (Å²) in [6.07, 6.45) is 5.06. The molecular formula is C28H33N3O7S2. The smallest absolute Gasteiger partial charge is 0.245 e. The summed E-state index contributed by atoms with van der Waals surface area (Å²) in [5, 5.41) is 0. The van der Waals surface area contributed by atoms with Gasteiger partial charge in [-0.15, -0.1) is 11.3 Å². The van der Waals surface area contributed by atoms with Crippen LogP contribution in [0.1, 0.15) is 50.3 Å². The molecule has 0 spiro atoms. The number of nitrogens with zero attached hydrogens (tertiary/aromatic N) is 2. The molecule has 2 atom stereocenters. The van der Waals surface area contributed by atoms with Gasteiger partial charge in [0.25, 0.3) is 0 Å². The maximum Gasteiger partial charge on any atom is 0.245 e. The number of ether oxygens (including phenoxy) is 1. The Labute approximate surface area is 237 Å². The second kappa shape index (κ2) is 12.2. The van der Waals surface area contributed by atoms with Crippen LogP contribution in [0.2, 0.25) is 0 Å². The van der Waals surface area contributed by atoms with Crippen molar-refractivity contribution in [3.63, 3.8) is 0 Å². The molecule has 214 valence electrons. The lowest BCUT2D eigenvalue weighted by Gasteiger charge is -2.31. The molecule has 3 aromatic rings. The first-order chi connectivity index (χ1) is 19.3. The molecule has 0 aliphatic carbocycles. The molecular weight excluding hydrogens is 554 g/mol. The minimum absolute atomic E-state index is 0.103. The van der Waals surface area contributed by atoms with E-state index in [0.29, 0.717) is 23.7 Å². The average Bonchev–Trinajstić information content (AvgIpc) is 3.67. The normalized spacial score (nSPS) is 22.9. The number of benzene rings is 1. The first-order valence-corrected chi connectivity index (χ1v) is 15.9. The first-order valence-electron chi connectivity index (χ1n) is 13.5. The molecule has 2 saturated heterocycles. The van der Waals surface area contributed by atoms with Gasteiger partial charge in [-0.1, -0.05) is 31.2 Å². The predicted molar refractivity (Wildman–Crippen MR) is 150 cm³/mol. The summed E-state index contributed by atoms with van der Waals surface area (Å²) in [6, 6.07) is 11.4. The minimum atomic E-state index is -3.84. The van der Waals surface area contributed by atoms with E-state index in [9.17, 15) is 18.0 Å². The van der Waals surface area contributed by atoms with Crippen LogP contribution in [0.25, 0.3) is 21.8 Å². The number of sulfone groups is 1. The molecule has 2 aliphatic heterocycles. The van der Waals surface area contributed by atoms with Crippen LogP contribution in [-0.4, -0.2) is 61.9 Å². The fourth-order valence-electron chi connectivity index (χ4n) is 5.17. The van der Waals surface area contributed by atoms with Gasteiger partial charge in [0, 0.05) is 47.9 Å². The van der Waals surface area contributed by atoms with Gasteiger partial charge in [0.1, 0.15) is 4.75 Å². The van der Waals surface area contributed by atoms with E-state index < -0.39 is 26.8 Å². The molecule has 2 unspecified atom stereocenters. The molecule has 40 heavy (non-hydrogen) atoms. The van der Waals surface area contributed by atoms with Crippen LogP contribution in [-0.2, 0) is 33.7 Å². The summed E-state index contributed by atoms with van der Waals surface area (Å²) in [4.78, 5) is 38.1. The molecule has 10 nitrogen and oxygen atoms in total. The zero-order valence-electron chi connectivity index (χ0n) is 22.3. The van der Waals surface area contributed by atoms with Gasteiger partial charge >= 0.3 is 0 Å². The van der Waals surface area contributed by atoms with Crippen molar-refractivity contribution in [1.82, 2.24) is 15.4 Å². The van der Waals surface area contributed by atoms with Gasteiger partial charge < -0.3 is 14.1 Å². The van der Waals surface area contributed by atoms with Crippen molar-refractivity contribution < 1.29 is 32.0 Å². The molecule has 2 aromatic heterocycles. The summed E-state index contributed by atoms with van der Waals surface area (Å²) >= 11 is 1.35. The van der Waals surface area contributed by atoms with Gasteiger partial charge in [0.05, 0.1) is 18.4 Å². The predicted octanol–water partition coefficient (Wildman–Crippen LogP) is 4.29. The number of aromatic nitrogens is 1. The van der Waals surface area contributed by atoms with E-state index in [0.717, 1.165) is 28.8 Å². The lowest BCUT2D eigenvalue weighted by atomic mass is 9.97. The SMILES string of the molecule is CCC(=O)N1CCC(CC(=O)NOC2CCCCO2)(c2ccc(-c3ccc(-c4cnco4)cc3)s2)S(=O)(=O)CC1. The number of hydrogen-bond donors (Lipinski definition) is 1. The minimum Gasteiger partial charge on any atom is -0.444 e. The van der Waals surface area contributed by atoms with Crippen LogP contribution in [0.15, 0.2) is 53.4 Å². The van der Waals surface area contributed by atoms with Gasteiger partial charge in [-0.3, -0.25) is 9.59 Å². The molecule has 0 radical (unpaired) electrons. The van der Waals surface area contributed by atoms with Crippen molar-refractivity contribution in [2.75, 3.05) is 25.4 Å². The van der Waals surface area contributed by atoms with E-state index in [1.54, 1.807) is 24.1 Å². The Hall–Kier alpha value is -3.06. The van der Waals surface area contributed by atoms with E-state index in [4.69, 9.17) is 14.0 Å². The highest BCUT2D eigenvalue weighted by Crippen LogP contribution is 2.45. The molecule has 4 heterocycles. The molecule has 2 aliphatic rings. The van der Waals surface area contributed by atoms with Gasteiger partial charge in [-0.2, -0.15) is 0 Å². The van der Waals surface area contributed by atoms with Crippen LogP contribution < -0.4 is 5.48 Å². The number of carbonyl (C=O) groups excluding carboxylic acids is 2. The Bertz CT molecular complexity index is 1410. The highest BCUT2D eigenvalue weighted by Gasteiger charge is 2.50. The molecule has 2 amide bonds. The number of nitrogens with one attached hydrogen (secondary N) is 1. The quantitative estimate of drug-likeness (QED) is 0.387. The van der Waals surface area contributed by atoms with Crippen LogP contribution in [0.4, 0.5) is 0 Å². The monoisotopic (exact) mass is 587 g/mol. The lowest BCUT2D eigenvalue weighted by molar-refractivity contribution is -0.200. The van der Waals surface area contributed by atoms with Crippen molar-refractivity contribution >= 4 is 33.0 Å². The first kappa shape index (κ1) is 28.5. The van der Waals surface area contributed by atoms with E-state index in [1.807, 2.05) is 30.3 Å². The van der Waals surface area contributed by atoms with Crippen LogP contribution in [0, 0.1) is 0 Å². The van der Waals surface area contributed by atoms with Crippen molar-refractivity contribution in [3.05, 3.63) is 53.9 Å². The van der Waals surface area contributed by atoms with Gasteiger partial charge in [-0.25, -0.2) is 23.7 Å². The molecule has 0 bridgehead atoms. The number of hydrogen-bond acceptors (Lipinski definition) is 9. The third-order valence-corrected chi connectivity index (χ3v) is 11.4. The average molecular weight is 588 g/mol. The van der Waals surface area contributed by atoms with Crippen molar-refractivity contribution in [3.8, 4) is 21.8 Å². The Morgan fingerprint density at radius 1 is 1.15 bits per heavy atom. The van der Waals surface area contributed by atoms with E-state index in [-0.39, 0.29) is 44.0 Å². The number of rotatable bonds is 8. The number of carbonyl (C=O) groups is 2. The van der Waals surface area contributed by atoms with E-state index in [1.165, 1.54) is 17.7 Å². The molecule has 12 heteroatoms. The van der Waals surface area contributed by atoms with Crippen LogP contribution >= 0.6 is 11.3 Å². The third kappa shape index (κ3) is 5.99. The van der Waals surface area contributed by atoms with E-state index >= 15 is 0 Å². The van der Waals surface area contributed by atoms with Gasteiger partial charge in [-0.05, 0) is 37.0 Å². The van der Waals surface area contributed by atoms with E-state index in [2.05, 4.69) is 10.5 Å². The standard InChI is InChI=1S/C28H33N3O7S2/c1-2-26(33)31-13-12-28(40(34,35)16-14-31,17-25(32)30-38-27-5-3-4-15-36-27)24-11-10-23(39-24)21-8-6-20(7-9-21)22-18-29-19-37-22/h6-11,18-19,27H,2-5,12-17H2,1H3,(H,30,32). The van der Waals surface area contributed by atoms with Gasteiger partial charge in [0.15, 0.2) is 28.3 Å². The largest absolute Gasteiger partial charge is 0.444 e. The fraction of sp³-hybridized carbons (Fsp3) is 0.464. The Morgan fingerprint density at radius 3 is 2.65 bits per heavy atom. The second-order valence-electron chi connectivity index (χ2n) is 10.0. The molecule has 1 N–H and O–H groups in total. The van der Waals surface area contributed by atoms with Crippen molar-refractivity contribution in [2.45, 2.75) is 56.5 Å². The molecule has 0 saturated carbocycles. The highest BCUT2D eigenvalue weighted by atomic mass is 32.2. The lowest BCUT2D eigenvalue weighted by Crippen LogP contribution is -2.43. The third-order valence-electron chi connectivity index (χ3n) is 7.50. The van der Waals surface area contributed by atoms with Crippen LogP contribution in [0.5, 0.6) is 0 Å². The summed E-state index contributed by atoms with van der Waals surface area (Å²) in [7, 11) is -3.84.